The van der Waals surface area contributed by atoms with Crippen molar-refractivity contribution in [3.05, 3.63) is 394 Å². The van der Waals surface area contributed by atoms with Crippen molar-refractivity contribution in [2.24, 2.45) is 0 Å². The molecule has 0 aliphatic carbocycles. The highest BCUT2D eigenvalue weighted by atomic mass is 15.0. The van der Waals surface area contributed by atoms with Gasteiger partial charge in [0.15, 0.2) is 17.5 Å². The maximum Gasteiger partial charge on any atom is 0.160 e. The second-order valence-electron chi connectivity index (χ2n) is 28.2. The van der Waals surface area contributed by atoms with Gasteiger partial charge in [0.2, 0.25) is 0 Å². The second kappa shape index (κ2) is 27.1. The van der Waals surface area contributed by atoms with Gasteiger partial charge in [-0.05, 0) is 131 Å². The van der Waals surface area contributed by atoms with Gasteiger partial charge in [0.05, 0.1) is 67.3 Å². The summed E-state index contributed by atoms with van der Waals surface area (Å²) >= 11 is 0. The van der Waals surface area contributed by atoms with Crippen LogP contribution in [0, 0.1) is 0 Å². The van der Waals surface area contributed by atoms with Gasteiger partial charge in [-0.15, -0.1) is 0 Å². The number of hydrogen-bond donors (Lipinski definition) is 0. The Morgan fingerprint density at radius 2 is 0.396 bits per heavy atom. The molecule has 0 unspecified atom stereocenters. The molecule has 0 amide bonds. The molecule has 21 rings (SSSR count). The molecule has 0 aliphatic rings. The summed E-state index contributed by atoms with van der Waals surface area (Å²) < 4.78 is 7.19. The summed E-state index contributed by atoms with van der Waals surface area (Å²) in [6.07, 6.45) is 0. The van der Waals surface area contributed by atoms with E-state index in [1.54, 1.807) is 0 Å². The van der Waals surface area contributed by atoms with Crippen LogP contribution in [0.1, 0.15) is 0 Å². The Morgan fingerprint density at radius 1 is 0.135 bits per heavy atom. The first kappa shape index (κ1) is 64.3. The van der Waals surface area contributed by atoms with Crippen molar-refractivity contribution in [3.63, 3.8) is 0 Å². The predicted molar refractivity (Wildman–Crippen MR) is 456 cm³/mol. The highest BCUT2D eigenvalue weighted by molar-refractivity contribution is 6.12. The van der Waals surface area contributed by atoms with E-state index in [0.717, 1.165) is 167 Å². The minimum absolute atomic E-state index is 0.585. The zero-order valence-electron chi connectivity index (χ0n) is 60.1. The molecule has 0 spiro atoms. The maximum absolute atomic E-state index is 5.57. The molecule has 6 aromatic heterocycles. The first-order chi connectivity index (χ1) is 55.0. The molecule has 0 saturated heterocycles. The van der Waals surface area contributed by atoms with Gasteiger partial charge in [-0.2, -0.15) is 0 Å². The van der Waals surface area contributed by atoms with E-state index in [4.69, 9.17) is 29.9 Å². The molecule has 15 aromatic carbocycles. The number of aromatic nitrogens is 9. The number of para-hydroxylation sites is 5. The van der Waals surface area contributed by atoms with Gasteiger partial charge in [0, 0.05) is 99.5 Å². The predicted octanol–water partition coefficient (Wildman–Crippen LogP) is 25.7. The number of fused-ring (bicyclic) bond motifs is 9. The number of rotatable bonds is 14. The average molecular weight is 1420 g/mol. The van der Waals surface area contributed by atoms with E-state index in [9.17, 15) is 0 Å². The summed E-state index contributed by atoms with van der Waals surface area (Å²) in [6.45, 7) is 0. The molecule has 0 aliphatic heterocycles. The van der Waals surface area contributed by atoms with Crippen LogP contribution in [0.25, 0.3) is 206 Å². The number of nitrogens with zero attached hydrogens (tertiary/aromatic N) is 9. The van der Waals surface area contributed by atoms with E-state index in [1.807, 2.05) is 54.6 Å². The van der Waals surface area contributed by atoms with Crippen molar-refractivity contribution in [2.45, 2.75) is 0 Å². The summed E-state index contributed by atoms with van der Waals surface area (Å²) in [5, 5.41) is 7.11. The van der Waals surface area contributed by atoms with Crippen molar-refractivity contribution in [2.75, 3.05) is 0 Å². The molecular weight excluding hydrogens is 1350 g/mol. The summed E-state index contributed by atoms with van der Waals surface area (Å²) in [5.41, 5.74) is 27.4. The lowest BCUT2D eigenvalue weighted by Gasteiger charge is -2.16. The van der Waals surface area contributed by atoms with Crippen LogP contribution in [0.3, 0.4) is 0 Å². The van der Waals surface area contributed by atoms with Gasteiger partial charge >= 0.3 is 0 Å². The Balaban J connectivity index is 0.693. The van der Waals surface area contributed by atoms with E-state index >= 15 is 0 Å². The Labute approximate surface area is 640 Å². The lowest BCUT2D eigenvalue weighted by molar-refractivity contribution is 1.13. The lowest BCUT2D eigenvalue weighted by Crippen LogP contribution is -2.01. The quantitative estimate of drug-likeness (QED) is 0.108. The zero-order valence-corrected chi connectivity index (χ0v) is 60.1. The van der Waals surface area contributed by atoms with Crippen LogP contribution in [-0.2, 0) is 0 Å². The van der Waals surface area contributed by atoms with Crippen LogP contribution in [0.4, 0.5) is 0 Å². The summed E-state index contributed by atoms with van der Waals surface area (Å²) in [4.78, 5) is 32.3. The van der Waals surface area contributed by atoms with Crippen molar-refractivity contribution in [3.8, 4) is 141 Å². The van der Waals surface area contributed by atoms with E-state index < -0.39 is 0 Å². The summed E-state index contributed by atoms with van der Waals surface area (Å²) in [7, 11) is 0. The molecule has 0 radical (unpaired) electrons. The van der Waals surface area contributed by atoms with Crippen LogP contribution >= 0.6 is 0 Å². The van der Waals surface area contributed by atoms with Crippen LogP contribution in [0.2, 0.25) is 0 Å². The van der Waals surface area contributed by atoms with Crippen LogP contribution in [0.5, 0.6) is 0 Å². The van der Waals surface area contributed by atoms with E-state index in [2.05, 4.69) is 353 Å². The third kappa shape index (κ3) is 11.7. The Bertz CT molecular complexity index is 6930. The van der Waals surface area contributed by atoms with Crippen LogP contribution in [-0.4, -0.2) is 43.6 Å². The highest BCUT2D eigenvalue weighted by Gasteiger charge is 2.23. The molecule has 0 fully saturated rings. The molecule has 6 heterocycles. The van der Waals surface area contributed by atoms with Crippen molar-refractivity contribution in [1.82, 2.24) is 43.6 Å². The molecule has 0 bridgehead atoms. The molecule has 0 N–H and O–H groups in total. The average Bonchev–Trinajstić information content (AvgIpc) is 1.60. The summed E-state index contributed by atoms with van der Waals surface area (Å²) in [6, 6.07) is 140. The fourth-order valence-corrected chi connectivity index (χ4v) is 16.2. The van der Waals surface area contributed by atoms with Crippen LogP contribution in [0.15, 0.2) is 394 Å². The molecule has 9 heteroatoms. The molecule has 0 atom stereocenters. The SMILES string of the molecule is c1ccc(-c2cc(-c3cc(-c4ccc(-n5c6ccccc6c6ccccc65)cc4)cc(-c4nc(-c5ccccc5)cc(-c5ccc(-c6ccc7c(c6)c6ccccc6n7-c6cc(-c7cc(-c8ccccc8)nc(-c8ccccc8)n7)cc(-n7c8ccccc8c8ccccc87)c6)cc5)n4)c3)nc(-c3ccccc3)n2)cc1. The Hall–Kier alpha value is -15.1. The van der Waals surface area contributed by atoms with Gasteiger partial charge in [0.25, 0.3) is 0 Å². The molecule has 0 saturated carbocycles. The van der Waals surface area contributed by atoms with Crippen LogP contribution < -0.4 is 0 Å². The first-order valence-electron chi connectivity index (χ1n) is 37.5. The fraction of sp³-hybridized carbons (Fsp3) is 0. The van der Waals surface area contributed by atoms with Gasteiger partial charge in [-0.3, -0.25) is 0 Å². The second-order valence-corrected chi connectivity index (χ2v) is 28.2. The highest BCUT2D eigenvalue weighted by Crippen LogP contribution is 2.43. The monoisotopic (exact) mass is 1420 g/mol. The topological polar surface area (TPSA) is 92.1 Å². The van der Waals surface area contributed by atoms with Gasteiger partial charge in [0.1, 0.15) is 0 Å². The molecular formula is C102H65N9. The molecule has 21 aromatic rings. The largest absolute Gasteiger partial charge is 0.309 e. The Kier molecular flexibility index (Phi) is 15.7. The number of hydrogen-bond acceptors (Lipinski definition) is 6. The number of benzene rings is 15. The molecule has 518 valence electrons. The lowest BCUT2D eigenvalue weighted by atomic mass is 9.96. The fourth-order valence-electron chi connectivity index (χ4n) is 16.2. The maximum atomic E-state index is 5.57. The third-order valence-electron chi connectivity index (χ3n) is 21.5. The minimum atomic E-state index is 0.585. The van der Waals surface area contributed by atoms with Crippen molar-refractivity contribution in [1.29, 1.82) is 0 Å². The molecule has 111 heavy (non-hydrogen) atoms. The van der Waals surface area contributed by atoms with Gasteiger partial charge in [-0.1, -0.05) is 285 Å². The van der Waals surface area contributed by atoms with E-state index in [1.165, 1.54) is 21.5 Å². The van der Waals surface area contributed by atoms with Gasteiger partial charge in [-0.25, -0.2) is 29.9 Å². The molecule has 9 nitrogen and oxygen atoms in total. The van der Waals surface area contributed by atoms with Gasteiger partial charge < -0.3 is 13.7 Å². The van der Waals surface area contributed by atoms with E-state index in [-0.39, 0.29) is 0 Å². The zero-order chi connectivity index (χ0) is 73.3. The first-order valence-corrected chi connectivity index (χ1v) is 37.5. The smallest absolute Gasteiger partial charge is 0.160 e. The van der Waals surface area contributed by atoms with Crippen molar-refractivity contribution >= 4 is 65.4 Å². The van der Waals surface area contributed by atoms with Crippen molar-refractivity contribution < 1.29 is 0 Å². The summed E-state index contributed by atoms with van der Waals surface area (Å²) in [5.74, 6) is 1.88. The normalized spacial score (nSPS) is 11.6. The Morgan fingerprint density at radius 3 is 0.802 bits per heavy atom. The third-order valence-corrected chi connectivity index (χ3v) is 21.5. The van der Waals surface area contributed by atoms with E-state index in [0.29, 0.717) is 17.5 Å². The minimum Gasteiger partial charge on any atom is -0.309 e. The standard InChI is InChI=1S/C102H65N9/c1-6-26-68(27-7-1)88-63-91(106-102(105-88)78-57-75(67-50-53-79(54-51-67)109-94-41-21-16-36-82(94)83-37-17-22-42-95(83)109)56-76(58-78)92-64-89(69-28-8-2-9-29-69)103-100(107-92)72-32-12-4-13-33-72)71-48-46-66(47-49-71)74-52-55-99-87(61-74)86-40-20-25-45-98(86)111(99)81-60-77(59-80(62-81)110-96-43-23-18-38-84(96)85-39-19-24-44-97(85)110)93-65-90(70-30-10-3-11-31-70)104-101(108-93)73-34-14-5-15-35-73/h1-65H.